The van der Waals surface area contributed by atoms with Gasteiger partial charge in [-0.15, -0.1) is 0 Å². The normalized spacial score (nSPS) is 14.8. The molecule has 10 heteroatoms. The average molecular weight is 519 g/mol. The Morgan fingerprint density at radius 3 is 2.57 bits per heavy atom. The Morgan fingerprint density at radius 1 is 1.03 bits per heavy atom. The van der Waals surface area contributed by atoms with Crippen molar-refractivity contribution in [2.75, 3.05) is 18.4 Å². The van der Waals surface area contributed by atoms with Crippen LogP contribution in [0.15, 0.2) is 60.0 Å². The largest absolute Gasteiger partial charge is 0.319 e. The molecule has 0 spiro atoms. The minimum atomic E-state index is -3.49. The highest BCUT2D eigenvalue weighted by molar-refractivity contribution is 7.91. The van der Waals surface area contributed by atoms with Crippen molar-refractivity contribution >= 4 is 32.3 Å². The average Bonchev–Trinajstić information content (AvgIpc) is 3.33. The van der Waals surface area contributed by atoms with Crippen LogP contribution in [-0.4, -0.2) is 57.7 Å². The molecule has 1 aromatic carbocycles. The molecule has 4 aromatic rings. The van der Waals surface area contributed by atoms with Crippen LogP contribution in [0.3, 0.4) is 0 Å². The molecule has 1 fully saturated rings. The molecule has 9 nitrogen and oxygen atoms in total. The van der Waals surface area contributed by atoms with Crippen LogP contribution in [0.4, 0.5) is 5.69 Å². The van der Waals surface area contributed by atoms with Gasteiger partial charge < -0.3 is 5.32 Å². The van der Waals surface area contributed by atoms with Crippen LogP contribution < -0.4 is 5.32 Å². The van der Waals surface area contributed by atoms with E-state index in [2.05, 4.69) is 36.4 Å². The number of nitrogens with one attached hydrogen (secondary N) is 2. The van der Waals surface area contributed by atoms with E-state index in [1.54, 1.807) is 13.8 Å². The standard InChI is InChI=1S/C27H30N6O3S/c1-18(2)37(35,36)25-9-7-22(16-29-25)30-27(34)26-23-13-20(6-8-24(23)31-32-26)21-12-19(14-28-15-21)17-33-10-4-3-5-11-33/h6-9,12-16,18H,3-5,10-11,17H2,1-2H3,(H,30,34)(H,31,32). The van der Waals surface area contributed by atoms with E-state index >= 15 is 0 Å². The molecule has 37 heavy (non-hydrogen) atoms. The monoisotopic (exact) mass is 518 g/mol. The molecule has 0 aliphatic carbocycles. The van der Waals surface area contributed by atoms with Crippen LogP contribution >= 0.6 is 0 Å². The molecule has 0 unspecified atom stereocenters. The van der Waals surface area contributed by atoms with Gasteiger partial charge in [-0.25, -0.2) is 13.4 Å². The Balaban J connectivity index is 1.36. The lowest BCUT2D eigenvalue weighted by Crippen LogP contribution is -2.29. The van der Waals surface area contributed by atoms with Crippen molar-refractivity contribution in [3.8, 4) is 11.1 Å². The quantitative estimate of drug-likeness (QED) is 0.371. The molecular weight excluding hydrogens is 488 g/mol. The molecule has 4 heterocycles. The van der Waals surface area contributed by atoms with Crippen molar-refractivity contribution in [3.05, 3.63) is 66.2 Å². The number of hydrogen-bond donors (Lipinski definition) is 2. The van der Waals surface area contributed by atoms with Crippen LogP contribution in [0.25, 0.3) is 22.0 Å². The number of aromatic amines is 1. The van der Waals surface area contributed by atoms with Gasteiger partial charge in [-0.1, -0.05) is 12.5 Å². The molecule has 5 rings (SSSR count). The molecule has 1 saturated heterocycles. The highest BCUT2D eigenvalue weighted by atomic mass is 32.2. The third-order valence-electron chi connectivity index (χ3n) is 6.67. The van der Waals surface area contributed by atoms with E-state index in [4.69, 9.17) is 0 Å². The predicted octanol–water partition coefficient (Wildman–Crippen LogP) is 4.44. The predicted molar refractivity (Wildman–Crippen MR) is 143 cm³/mol. The fourth-order valence-electron chi connectivity index (χ4n) is 4.53. The number of likely N-dealkylation sites (tertiary alicyclic amines) is 1. The van der Waals surface area contributed by atoms with Gasteiger partial charge in [0.1, 0.15) is 0 Å². The second kappa shape index (κ2) is 10.4. The van der Waals surface area contributed by atoms with Gasteiger partial charge in [0.2, 0.25) is 0 Å². The number of aromatic nitrogens is 4. The molecular formula is C27H30N6O3S. The first-order chi connectivity index (χ1) is 17.8. The number of nitrogens with zero attached hydrogens (tertiary/aromatic N) is 4. The first kappa shape index (κ1) is 25.0. The Labute approximate surface area is 216 Å². The van der Waals surface area contributed by atoms with Crippen molar-refractivity contribution in [2.45, 2.75) is 49.9 Å². The second-order valence-electron chi connectivity index (χ2n) is 9.68. The molecule has 1 aliphatic rings. The third-order valence-corrected chi connectivity index (χ3v) is 8.73. The number of fused-ring (bicyclic) bond motifs is 1. The van der Waals surface area contributed by atoms with Crippen molar-refractivity contribution in [1.29, 1.82) is 0 Å². The van der Waals surface area contributed by atoms with Gasteiger partial charge in [0.25, 0.3) is 5.91 Å². The highest BCUT2D eigenvalue weighted by Gasteiger charge is 2.21. The molecule has 2 N–H and O–H groups in total. The van der Waals surface area contributed by atoms with E-state index < -0.39 is 21.0 Å². The Morgan fingerprint density at radius 2 is 1.84 bits per heavy atom. The summed E-state index contributed by atoms with van der Waals surface area (Å²) in [5.41, 5.74) is 4.46. The Kier molecular flexibility index (Phi) is 7.03. The summed E-state index contributed by atoms with van der Waals surface area (Å²) >= 11 is 0. The molecule has 0 saturated carbocycles. The van der Waals surface area contributed by atoms with Crippen LogP contribution in [0, 0.1) is 0 Å². The molecule has 192 valence electrons. The fourth-order valence-corrected chi connectivity index (χ4v) is 5.47. The number of anilines is 1. The van der Waals surface area contributed by atoms with E-state index in [0.29, 0.717) is 11.1 Å². The minimum Gasteiger partial charge on any atom is -0.319 e. The molecule has 1 aliphatic heterocycles. The summed E-state index contributed by atoms with van der Waals surface area (Å²) in [4.78, 5) is 24.0. The zero-order chi connectivity index (χ0) is 26.0. The number of benzene rings is 1. The maximum Gasteiger partial charge on any atom is 0.276 e. The first-order valence-corrected chi connectivity index (χ1v) is 14.0. The van der Waals surface area contributed by atoms with Gasteiger partial charge in [-0.2, -0.15) is 5.10 Å². The van der Waals surface area contributed by atoms with Crippen LogP contribution in [0.5, 0.6) is 0 Å². The zero-order valence-corrected chi connectivity index (χ0v) is 21.8. The molecule has 0 radical (unpaired) electrons. The smallest absolute Gasteiger partial charge is 0.276 e. The first-order valence-electron chi connectivity index (χ1n) is 12.5. The summed E-state index contributed by atoms with van der Waals surface area (Å²) in [7, 11) is -3.49. The van der Waals surface area contributed by atoms with Gasteiger partial charge >= 0.3 is 0 Å². The van der Waals surface area contributed by atoms with Crippen LogP contribution in [0.1, 0.15) is 49.2 Å². The number of carbonyl (C=O) groups excluding carboxylic acids is 1. The van der Waals surface area contributed by atoms with Gasteiger partial charge in [0, 0.05) is 29.9 Å². The van der Waals surface area contributed by atoms with E-state index in [-0.39, 0.29) is 10.7 Å². The van der Waals surface area contributed by atoms with Crippen LogP contribution in [-0.2, 0) is 16.4 Å². The summed E-state index contributed by atoms with van der Waals surface area (Å²) < 4.78 is 24.6. The third kappa shape index (κ3) is 5.40. The van der Waals surface area contributed by atoms with Crippen molar-refractivity contribution < 1.29 is 13.2 Å². The van der Waals surface area contributed by atoms with Crippen molar-refractivity contribution in [1.82, 2.24) is 25.1 Å². The lowest BCUT2D eigenvalue weighted by Gasteiger charge is -2.26. The Bertz CT molecular complexity index is 1520. The number of carbonyl (C=O) groups is 1. The molecule has 3 aromatic heterocycles. The number of piperidine rings is 1. The maximum absolute atomic E-state index is 13.0. The summed E-state index contributed by atoms with van der Waals surface area (Å²) in [6, 6.07) is 10.9. The minimum absolute atomic E-state index is 0.0218. The van der Waals surface area contributed by atoms with Crippen LogP contribution in [0.2, 0.25) is 0 Å². The lowest BCUT2D eigenvalue weighted by atomic mass is 10.0. The summed E-state index contributed by atoms with van der Waals surface area (Å²) in [5.74, 6) is -0.415. The second-order valence-corrected chi connectivity index (χ2v) is 12.1. The zero-order valence-electron chi connectivity index (χ0n) is 20.9. The number of pyridine rings is 2. The molecule has 0 atom stereocenters. The van der Waals surface area contributed by atoms with E-state index in [0.717, 1.165) is 36.3 Å². The maximum atomic E-state index is 13.0. The van der Waals surface area contributed by atoms with Gasteiger partial charge in [0.15, 0.2) is 20.6 Å². The van der Waals surface area contributed by atoms with E-state index in [9.17, 15) is 13.2 Å². The number of rotatable bonds is 7. The number of H-pyrrole nitrogens is 1. The number of sulfone groups is 1. The van der Waals surface area contributed by atoms with Crippen molar-refractivity contribution in [3.63, 3.8) is 0 Å². The number of amides is 1. The van der Waals surface area contributed by atoms with E-state index in [1.807, 2.05) is 30.6 Å². The van der Waals surface area contributed by atoms with Gasteiger partial charge in [-0.3, -0.25) is 19.8 Å². The molecule has 1 amide bonds. The van der Waals surface area contributed by atoms with Crippen molar-refractivity contribution in [2.24, 2.45) is 0 Å². The summed E-state index contributed by atoms with van der Waals surface area (Å²) in [5, 5.41) is 9.98. The topological polar surface area (TPSA) is 121 Å². The fraction of sp³-hybridized carbons (Fsp3) is 0.333. The van der Waals surface area contributed by atoms with E-state index in [1.165, 1.54) is 43.2 Å². The molecule has 0 bridgehead atoms. The highest BCUT2D eigenvalue weighted by Crippen LogP contribution is 2.27. The lowest BCUT2D eigenvalue weighted by molar-refractivity contribution is 0.102. The number of hydrogen-bond acceptors (Lipinski definition) is 7. The Hall–Kier alpha value is -3.63. The van der Waals surface area contributed by atoms with Gasteiger partial charge in [-0.05, 0) is 81.2 Å². The van der Waals surface area contributed by atoms with Gasteiger partial charge in [0.05, 0.1) is 22.7 Å². The summed E-state index contributed by atoms with van der Waals surface area (Å²) in [6.45, 7) is 6.33. The summed E-state index contributed by atoms with van der Waals surface area (Å²) in [6.07, 6.45) is 8.88. The SMILES string of the molecule is CC(C)S(=O)(=O)c1ccc(NC(=O)c2n[nH]c3ccc(-c4cncc(CN5CCCCC5)c4)cc23)cn1.